The number of nitrogens with zero attached hydrogens (tertiary/aromatic N) is 2. The van der Waals surface area contributed by atoms with E-state index < -0.39 is 15.9 Å². The molecule has 0 fully saturated rings. The number of amides is 1. The number of rotatable bonds is 3. The standard InChI is InChI=1S/C14H11N5O3S/c20-14-9-2-1-8(5-11(9)23(21,22)19-14)6-16-13-10-3-4-15-12(10)17-7-18-13/h1-5,7H,6H2,(H,19,20)(H2,15,16,17,18). The van der Waals surface area contributed by atoms with E-state index in [2.05, 4.69) is 20.3 Å². The normalized spacial score (nSPS) is 15.4. The predicted octanol–water partition coefficient (Wildman–Crippen LogP) is 1.00. The van der Waals surface area contributed by atoms with Crippen LogP contribution < -0.4 is 10.0 Å². The van der Waals surface area contributed by atoms with Crippen LogP contribution in [0, 0.1) is 0 Å². The van der Waals surface area contributed by atoms with Gasteiger partial charge in [-0.1, -0.05) is 6.07 Å². The number of carbonyl (C=O) groups is 1. The Morgan fingerprint density at radius 3 is 2.91 bits per heavy atom. The minimum absolute atomic E-state index is 0.0104. The molecule has 0 spiro atoms. The van der Waals surface area contributed by atoms with Gasteiger partial charge in [0.15, 0.2) is 0 Å². The first-order valence-electron chi connectivity index (χ1n) is 6.77. The number of aromatic amines is 1. The third kappa shape index (κ3) is 2.21. The van der Waals surface area contributed by atoms with Crippen LogP contribution >= 0.6 is 0 Å². The van der Waals surface area contributed by atoms with E-state index in [1.165, 1.54) is 18.5 Å². The number of aromatic nitrogens is 3. The summed E-state index contributed by atoms with van der Waals surface area (Å²) in [7, 11) is -3.74. The highest BCUT2D eigenvalue weighted by molar-refractivity contribution is 7.90. The number of fused-ring (bicyclic) bond motifs is 2. The van der Waals surface area contributed by atoms with Gasteiger partial charge in [0.25, 0.3) is 15.9 Å². The minimum atomic E-state index is -3.74. The third-order valence-corrected chi connectivity index (χ3v) is 4.99. The van der Waals surface area contributed by atoms with Gasteiger partial charge in [-0.2, -0.15) is 0 Å². The molecule has 116 valence electrons. The van der Waals surface area contributed by atoms with E-state index in [0.717, 1.165) is 10.9 Å². The zero-order valence-corrected chi connectivity index (χ0v) is 12.5. The largest absolute Gasteiger partial charge is 0.365 e. The van der Waals surface area contributed by atoms with Crippen molar-refractivity contribution in [2.75, 3.05) is 5.32 Å². The van der Waals surface area contributed by atoms with Crippen molar-refractivity contribution < 1.29 is 13.2 Å². The van der Waals surface area contributed by atoms with Gasteiger partial charge in [0.2, 0.25) is 0 Å². The average molecular weight is 329 g/mol. The summed E-state index contributed by atoms with van der Waals surface area (Å²) in [5, 5.41) is 3.99. The van der Waals surface area contributed by atoms with E-state index in [1.54, 1.807) is 12.3 Å². The fourth-order valence-corrected chi connectivity index (χ4v) is 3.74. The highest BCUT2D eigenvalue weighted by atomic mass is 32.2. The molecule has 0 radical (unpaired) electrons. The molecule has 4 rings (SSSR count). The van der Waals surface area contributed by atoms with Crippen molar-refractivity contribution in [3.05, 3.63) is 47.9 Å². The zero-order chi connectivity index (χ0) is 16.0. The van der Waals surface area contributed by atoms with Crippen molar-refractivity contribution in [2.24, 2.45) is 0 Å². The summed E-state index contributed by atoms with van der Waals surface area (Å²) >= 11 is 0. The van der Waals surface area contributed by atoms with Crippen molar-refractivity contribution in [1.29, 1.82) is 0 Å². The SMILES string of the molecule is O=C1NS(=O)(=O)c2cc(CNc3ncnc4[nH]ccc34)ccc21. The van der Waals surface area contributed by atoms with Gasteiger partial charge in [-0.3, -0.25) is 4.79 Å². The molecular weight excluding hydrogens is 318 g/mol. The van der Waals surface area contributed by atoms with E-state index in [0.29, 0.717) is 18.0 Å². The van der Waals surface area contributed by atoms with Gasteiger partial charge in [-0.05, 0) is 23.8 Å². The first-order valence-corrected chi connectivity index (χ1v) is 8.25. The van der Waals surface area contributed by atoms with E-state index >= 15 is 0 Å². The molecule has 0 aliphatic carbocycles. The number of hydrogen-bond acceptors (Lipinski definition) is 6. The zero-order valence-electron chi connectivity index (χ0n) is 11.7. The molecule has 3 aromatic rings. The first kappa shape index (κ1) is 13.7. The summed E-state index contributed by atoms with van der Waals surface area (Å²) in [6.07, 6.45) is 3.21. The van der Waals surface area contributed by atoms with Crippen LogP contribution in [-0.4, -0.2) is 29.3 Å². The molecule has 1 aromatic carbocycles. The summed E-state index contributed by atoms with van der Waals surface area (Å²) in [5.41, 5.74) is 1.61. The molecule has 0 saturated heterocycles. The Morgan fingerprint density at radius 1 is 1.17 bits per heavy atom. The van der Waals surface area contributed by atoms with Crippen LogP contribution in [0.5, 0.6) is 0 Å². The smallest absolute Gasteiger partial charge is 0.266 e. The van der Waals surface area contributed by atoms with Crippen LogP contribution in [0.2, 0.25) is 0 Å². The molecule has 3 N–H and O–H groups in total. The van der Waals surface area contributed by atoms with Gasteiger partial charge in [-0.25, -0.2) is 23.1 Å². The lowest BCUT2D eigenvalue weighted by molar-refractivity contribution is 0.0985. The molecule has 1 aliphatic heterocycles. The van der Waals surface area contributed by atoms with Gasteiger partial charge < -0.3 is 10.3 Å². The molecule has 0 bridgehead atoms. The summed E-state index contributed by atoms with van der Waals surface area (Å²) in [4.78, 5) is 22.8. The van der Waals surface area contributed by atoms with Crippen molar-refractivity contribution >= 4 is 32.8 Å². The molecule has 9 heteroatoms. The molecule has 1 aliphatic rings. The molecule has 1 amide bonds. The summed E-state index contributed by atoms with van der Waals surface area (Å²) in [6, 6.07) is 6.57. The Morgan fingerprint density at radius 2 is 2.04 bits per heavy atom. The van der Waals surface area contributed by atoms with E-state index in [1.807, 2.05) is 10.8 Å². The molecule has 8 nitrogen and oxygen atoms in total. The Labute approximate surface area is 131 Å². The van der Waals surface area contributed by atoms with Crippen molar-refractivity contribution in [1.82, 2.24) is 19.7 Å². The highest BCUT2D eigenvalue weighted by Gasteiger charge is 2.32. The Balaban J connectivity index is 1.64. The summed E-state index contributed by atoms with van der Waals surface area (Å²) < 4.78 is 25.7. The lowest BCUT2D eigenvalue weighted by Gasteiger charge is -2.07. The maximum absolute atomic E-state index is 11.9. The van der Waals surface area contributed by atoms with Crippen molar-refractivity contribution in [3.63, 3.8) is 0 Å². The van der Waals surface area contributed by atoms with Crippen LogP contribution in [0.25, 0.3) is 11.0 Å². The topological polar surface area (TPSA) is 117 Å². The van der Waals surface area contributed by atoms with Crippen LogP contribution in [0.3, 0.4) is 0 Å². The average Bonchev–Trinajstić information content (AvgIpc) is 3.08. The third-order valence-electron chi connectivity index (χ3n) is 3.62. The Kier molecular flexibility index (Phi) is 2.85. The van der Waals surface area contributed by atoms with Gasteiger partial charge in [-0.15, -0.1) is 0 Å². The number of benzene rings is 1. The number of H-pyrrole nitrogens is 1. The number of nitrogens with one attached hydrogen (secondary N) is 3. The first-order chi connectivity index (χ1) is 11.0. The number of sulfonamides is 1. The second-order valence-electron chi connectivity index (χ2n) is 5.08. The van der Waals surface area contributed by atoms with Crippen LogP contribution in [0.1, 0.15) is 15.9 Å². The highest BCUT2D eigenvalue weighted by Crippen LogP contribution is 2.24. The maximum Gasteiger partial charge on any atom is 0.266 e. The van der Waals surface area contributed by atoms with Crippen LogP contribution in [0.15, 0.2) is 41.7 Å². The summed E-state index contributed by atoms with van der Waals surface area (Å²) in [6.45, 7) is 0.369. The van der Waals surface area contributed by atoms with Crippen LogP contribution in [0.4, 0.5) is 5.82 Å². The Bertz CT molecular complexity index is 1040. The second-order valence-corrected chi connectivity index (χ2v) is 6.73. The van der Waals surface area contributed by atoms with Crippen molar-refractivity contribution in [3.8, 4) is 0 Å². The van der Waals surface area contributed by atoms with Crippen molar-refractivity contribution in [2.45, 2.75) is 11.4 Å². The maximum atomic E-state index is 11.9. The van der Waals surface area contributed by atoms with E-state index in [-0.39, 0.29) is 10.5 Å². The fourth-order valence-electron chi connectivity index (χ4n) is 2.52. The second kappa shape index (κ2) is 4.78. The number of carbonyl (C=O) groups excluding carboxylic acids is 1. The molecule has 0 saturated carbocycles. The van der Waals surface area contributed by atoms with E-state index in [4.69, 9.17) is 0 Å². The monoisotopic (exact) mass is 329 g/mol. The molecule has 0 atom stereocenters. The van der Waals surface area contributed by atoms with Gasteiger partial charge in [0.05, 0.1) is 10.9 Å². The quantitative estimate of drug-likeness (QED) is 0.660. The molecule has 3 heterocycles. The minimum Gasteiger partial charge on any atom is -0.365 e. The molecule has 23 heavy (non-hydrogen) atoms. The van der Waals surface area contributed by atoms with E-state index in [9.17, 15) is 13.2 Å². The van der Waals surface area contributed by atoms with Gasteiger partial charge >= 0.3 is 0 Å². The molecule has 0 unspecified atom stereocenters. The lowest BCUT2D eigenvalue weighted by atomic mass is 10.1. The number of hydrogen-bond donors (Lipinski definition) is 3. The predicted molar refractivity (Wildman–Crippen MR) is 82.3 cm³/mol. The summed E-state index contributed by atoms with van der Waals surface area (Å²) in [5.74, 6) is 0.0538. The molecular formula is C14H11N5O3S. The fraction of sp³-hybridized carbons (Fsp3) is 0.0714. The van der Waals surface area contributed by atoms with Gasteiger partial charge in [0, 0.05) is 12.7 Å². The Hall–Kier alpha value is -2.94. The number of anilines is 1. The van der Waals surface area contributed by atoms with Crippen LogP contribution in [-0.2, 0) is 16.6 Å². The molecule has 2 aromatic heterocycles. The lowest BCUT2D eigenvalue weighted by Crippen LogP contribution is -2.20. The van der Waals surface area contributed by atoms with Gasteiger partial charge in [0.1, 0.15) is 22.7 Å².